The smallest absolute Gasteiger partial charge is 0.269 e. The van der Waals surface area contributed by atoms with E-state index in [9.17, 15) is 4.79 Å². The van der Waals surface area contributed by atoms with E-state index in [0.717, 1.165) is 30.0 Å². The van der Waals surface area contributed by atoms with Crippen LogP contribution in [0.4, 0.5) is 5.69 Å². The van der Waals surface area contributed by atoms with Crippen molar-refractivity contribution in [2.24, 2.45) is 0 Å². The van der Waals surface area contributed by atoms with Crippen LogP contribution in [0.5, 0.6) is 5.75 Å². The van der Waals surface area contributed by atoms with Gasteiger partial charge in [0.25, 0.3) is 5.91 Å². The first-order valence-corrected chi connectivity index (χ1v) is 8.84. The lowest BCUT2D eigenvalue weighted by Crippen LogP contribution is -2.26. The van der Waals surface area contributed by atoms with Gasteiger partial charge in [-0.15, -0.1) is 0 Å². The highest BCUT2D eigenvalue weighted by atomic mass is 16.5. The summed E-state index contributed by atoms with van der Waals surface area (Å²) in [7, 11) is 1.65. The number of anilines is 1. The SMILES string of the molecule is CCCCCNc1ccnc(C(=O)NCCc2ccccc2OC)c1. The fraction of sp³-hybridized carbons (Fsp3) is 0.400. The van der Waals surface area contributed by atoms with E-state index in [4.69, 9.17) is 4.74 Å². The Labute approximate surface area is 149 Å². The molecular weight excluding hydrogens is 314 g/mol. The average molecular weight is 341 g/mol. The van der Waals surface area contributed by atoms with Gasteiger partial charge in [-0.25, -0.2) is 0 Å². The lowest BCUT2D eigenvalue weighted by Gasteiger charge is -2.10. The Balaban J connectivity index is 1.84. The van der Waals surface area contributed by atoms with E-state index in [1.807, 2.05) is 30.3 Å². The zero-order valence-electron chi connectivity index (χ0n) is 15.0. The van der Waals surface area contributed by atoms with Crippen molar-refractivity contribution in [1.29, 1.82) is 0 Å². The molecule has 0 unspecified atom stereocenters. The van der Waals surface area contributed by atoms with Crippen LogP contribution in [0.15, 0.2) is 42.6 Å². The van der Waals surface area contributed by atoms with Gasteiger partial charge in [0, 0.05) is 25.0 Å². The summed E-state index contributed by atoms with van der Waals surface area (Å²) >= 11 is 0. The fourth-order valence-electron chi connectivity index (χ4n) is 2.58. The summed E-state index contributed by atoms with van der Waals surface area (Å²) in [4.78, 5) is 16.5. The molecule has 134 valence electrons. The number of benzene rings is 1. The lowest BCUT2D eigenvalue weighted by atomic mass is 10.1. The molecule has 1 heterocycles. The fourth-order valence-corrected chi connectivity index (χ4v) is 2.58. The van der Waals surface area contributed by atoms with Crippen LogP contribution in [0.25, 0.3) is 0 Å². The van der Waals surface area contributed by atoms with Crippen LogP contribution in [0.2, 0.25) is 0 Å². The monoisotopic (exact) mass is 341 g/mol. The summed E-state index contributed by atoms with van der Waals surface area (Å²) < 4.78 is 5.32. The first kappa shape index (κ1) is 18.8. The van der Waals surface area contributed by atoms with Crippen molar-refractivity contribution in [3.8, 4) is 5.75 Å². The molecule has 0 aliphatic rings. The second-order valence-corrected chi connectivity index (χ2v) is 5.88. The minimum atomic E-state index is -0.160. The molecule has 1 aromatic carbocycles. The molecule has 25 heavy (non-hydrogen) atoms. The number of carbonyl (C=O) groups is 1. The largest absolute Gasteiger partial charge is 0.496 e. The predicted molar refractivity (Wildman–Crippen MR) is 101 cm³/mol. The molecule has 0 radical (unpaired) electrons. The third-order valence-corrected chi connectivity index (χ3v) is 3.97. The van der Waals surface area contributed by atoms with Gasteiger partial charge in [-0.3, -0.25) is 9.78 Å². The molecule has 2 rings (SSSR count). The molecule has 0 saturated carbocycles. The number of methoxy groups -OCH3 is 1. The predicted octanol–water partition coefficient (Wildman–Crippen LogP) is 3.66. The summed E-state index contributed by atoms with van der Waals surface area (Å²) in [6.45, 7) is 3.63. The van der Waals surface area contributed by atoms with Crippen LogP contribution < -0.4 is 15.4 Å². The Bertz CT molecular complexity index is 673. The van der Waals surface area contributed by atoms with Crippen LogP contribution in [-0.2, 0) is 6.42 Å². The van der Waals surface area contributed by atoms with Crippen molar-refractivity contribution in [1.82, 2.24) is 10.3 Å². The number of hydrogen-bond acceptors (Lipinski definition) is 4. The minimum Gasteiger partial charge on any atom is -0.496 e. The number of rotatable bonds is 10. The highest BCUT2D eigenvalue weighted by Gasteiger charge is 2.08. The van der Waals surface area contributed by atoms with Gasteiger partial charge in [0.15, 0.2) is 0 Å². The number of aromatic nitrogens is 1. The summed E-state index contributed by atoms with van der Waals surface area (Å²) in [5.74, 6) is 0.681. The standard InChI is InChI=1S/C20H27N3O2/c1-3-4-7-12-21-17-11-14-22-18(15-17)20(24)23-13-10-16-8-5-6-9-19(16)25-2/h5-6,8-9,11,14-15H,3-4,7,10,12-13H2,1-2H3,(H,21,22)(H,23,24). The number of para-hydroxylation sites is 1. The topological polar surface area (TPSA) is 63.2 Å². The van der Waals surface area contributed by atoms with Crippen molar-refractivity contribution in [2.45, 2.75) is 32.6 Å². The van der Waals surface area contributed by atoms with Crippen LogP contribution in [0.3, 0.4) is 0 Å². The number of pyridine rings is 1. The van der Waals surface area contributed by atoms with Gasteiger partial charge in [0.1, 0.15) is 11.4 Å². The summed E-state index contributed by atoms with van der Waals surface area (Å²) in [6.07, 6.45) is 5.90. The van der Waals surface area contributed by atoms with Crippen LogP contribution in [-0.4, -0.2) is 31.1 Å². The van der Waals surface area contributed by atoms with Gasteiger partial charge in [0.2, 0.25) is 0 Å². The second-order valence-electron chi connectivity index (χ2n) is 5.88. The van der Waals surface area contributed by atoms with E-state index in [1.165, 1.54) is 12.8 Å². The first-order valence-electron chi connectivity index (χ1n) is 8.84. The van der Waals surface area contributed by atoms with E-state index in [1.54, 1.807) is 19.4 Å². The molecule has 0 aliphatic heterocycles. The van der Waals surface area contributed by atoms with Crippen LogP contribution >= 0.6 is 0 Å². The van der Waals surface area contributed by atoms with Crippen LogP contribution in [0.1, 0.15) is 42.2 Å². The Morgan fingerprint density at radius 2 is 2.00 bits per heavy atom. The van der Waals surface area contributed by atoms with Gasteiger partial charge in [0.05, 0.1) is 7.11 Å². The first-order chi connectivity index (χ1) is 12.2. The van der Waals surface area contributed by atoms with Crippen molar-refractivity contribution in [3.63, 3.8) is 0 Å². The molecule has 0 bridgehead atoms. The van der Waals surface area contributed by atoms with Crippen molar-refractivity contribution in [3.05, 3.63) is 53.9 Å². The van der Waals surface area contributed by atoms with Gasteiger partial charge in [-0.2, -0.15) is 0 Å². The number of nitrogens with zero attached hydrogens (tertiary/aromatic N) is 1. The van der Waals surface area contributed by atoms with Gasteiger partial charge in [-0.1, -0.05) is 38.0 Å². The quantitative estimate of drug-likeness (QED) is 0.647. The maximum absolute atomic E-state index is 12.3. The number of amides is 1. The zero-order valence-corrected chi connectivity index (χ0v) is 15.0. The number of carbonyl (C=O) groups excluding carboxylic acids is 1. The molecule has 5 heteroatoms. The van der Waals surface area contributed by atoms with Crippen molar-refractivity contribution < 1.29 is 9.53 Å². The highest BCUT2D eigenvalue weighted by molar-refractivity contribution is 5.93. The Morgan fingerprint density at radius 1 is 1.16 bits per heavy atom. The molecular formula is C20H27N3O2. The van der Waals surface area contributed by atoms with E-state index in [2.05, 4.69) is 22.5 Å². The lowest BCUT2D eigenvalue weighted by molar-refractivity contribution is 0.0949. The summed E-state index contributed by atoms with van der Waals surface area (Å²) in [5.41, 5.74) is 2.44. The Morgan fingerprint density at radius 3 is 2.80 bits per heavy atom. The third kappa shape index (κ3) is 6.10. The molecule has 0 atom stereocenters. The summed E-state index contributed by atoms with van der Waals surface area (Å²) in [6, 6.07) is 11.5. The Kier molecular flexibility index (Phi) is 7.76. The van der Waals surface area contributed by atoms with E-state index >= 15 is 0 Å². The van der Waals surface area contributed by atoms with Crippen molar-refractivity contribution in [2.75, 3.05) is 25.5 Å². The number of nitrogens with one attached hydrogen (secondary N) is 2. The highest BCUT2D eigenvalue weighted by Crippen LogP contribution is 2.17. The molecule has 5 nitrogen and oxygen atoms in total. The minimum absolute atomic E-state index is 0.160. The van der Waals surface area contributed by atoms with Crippen LogP contribution in [0, 0.1) is 0 Å². The van der Waals surface area contributed by atoms with Gasteiger partial charge < -0.3 is 15.4 Å². The Hall–Kier alpha value is -2.56. The zero-order chi connectivity index (χ0) is 17.9. The van der Waals surface area contributed by atoms with E-state index in [-0.39, 0.29) is 5.91 Å². The third-order valence-electron chi connectivity index (χ3n) is 3.97. The second kappa shape index (κ2) is 10.3. The van der Waals surface area contributed by atoms with E-state index < -0.39 is 0 Å². The molecule has 0 saturated heterocycles. The maximum Gasteiger partial charge on any atom is 0.269 e. The molecule has 0 fully saturated rings. The maximum atomic E-state index is 12.3. The van der Waals surface area contributed by atoms with Crippen molar-refractivity contribution >= 4 is 11.6 Å². The van der Waals surface area contributed by atoms with Gasteiger partial charge in [-0.05, 0) is 36.6 Å². The average Bonchev–Trinajstić information content (AvgIpc) is 2.66. The molecule has 1 aromatic heterocycles. The molecule has 2 aromatic rings. The molecule has 0 aliphatic carbocycles. The normalized spacial score (nSPS) is 10.3. The number of hydrogen-bond donors (Lipinski definition) is 2. The molecule has 2 N–H and O–H groups in total. The molecule has 1 amide bonds. The number of unbranched alkanes of at least 4 members (excludes halogenated alkanes) is 2. The van der Waals surface area contributed by atoms with E-state index in [0.29, 0.717) is 18.7 Å². The number of ether oxygens (including phenoxy) is 1. The molecule has 0 spiro atoms. The van der Waals surface area contributed by atoms with Gasteiger partial charge >= 0.3 is 0 Å². The summed E-state index contributed by atoms with van der Waals surface area (Å²) in [5, 5.41) is 6.25.